The lowest BCUT2D eigenvalue weighted by Gasteiger charge is -2.21. The standard InChI is InChI=1S/C15H15N4O2P/c1-2-21-22(20)11-14(12-7-3-5-9-16-12)18-15(19-22)13-8-4-6-10-17-13/h3-11H,2H2,1H3,(H,18,19,20). The summed E-state index contributed by atoms with van der Waals surface area (Å²) >= 11 is 0. The Balaban J connectivity index is 2.04. The van der Waals surface area contributed by atoms with Gasteiger partial charge in [0.2, 0.25) is 0 Å². The van der Waals surface area contributed by atoms with Crippen LogP contribution in [-0.2, 0) is 9.09 Å². The van der Waals surface area contributed by atoms with Crippen LogP contribution in [-0.4, -0.2) is 22.4 Å². The molecule has 1 aliphatic rings. The van der Waals surface area contributed by atoms with Crippen LogP contribution in [0.4, 0.5) is 0 Å². The molecular weight excluding hydrogens is 299 g/mol. The molecule has 22 heavy (non-hydrogen) atoms. The van der Waals surface area contributed by atoms with Crippen molar-refractivity contribution in [1.29, 1.82) is 0 Å². The molecule has 0 saturated carbocycles. The third-order valence-electron chi connectivity index (χ3n) is 2.95. The van der Waals surface area contributed by atoms with E-state index in [9.17, 15) is 4.57 Å². The minimum Gasteiger partial charge on any atom is -0.336 e. The summed E-state index contributed by atoms with van der Waals surface area (Å²) in [5.41, 5.74) is 1.88. The lowest BCUT2D eigenvalue weighted by molar-refractivity contribution is 0.340. The van der Waals surface area contributed by atoms with Crippen LogP contribution in [0.15, 0.2) is 59.4 Å². The molecule has 0 radical (unpaired) electrons. The van der Waals surface area contributed by atoms with E-state index >= 15 is 0 Å². The van der Waals surface area contributed by atoms with Crippen LogP contribution < -0.4 is 5.32 Å². The van der Waals surface area contributed by atoms with Gasteiger partial charge in [0.1, 0.15) is 5.69 Å². The Morgan fingerprint density at radius 2 is 1.77 bits per heavy atom. The topological polar surface area (TPSA) is 76.5 Å². The summed E-state index contributed by atoms with van der Waals surface area (Å²) in [6, 6.07) is 11.0. The Morgan fingerprint density at radius 3 is 2.36 bits per heavy atom. The largest absolute Gasteiger partial charge is 0.341 e. The monoisotopic (exact) mass is 314 g/mol. The summed E-state index contributed by atoms with van der Waals surface area (Å²) in [5.74, 6) is 1.92. The molecule has 1 unspecified atom stereocenters. The Bertz CT molecular complexity index is 700. The Hall–Kier alpha value is -2.30. The summed E-state index contributed by atoms with van der Waals surface area (Å²) in [6.07, 6.45) is 3.33. The summed E-state index contributed by atoms with van der Waals surface area (Å²) in [6.45, 7) is 2.09. The maximum Gasteiger partial charge on any atom is 0.341 e. The van der Waals surface area contributed by atoms with Crippen LogP contribution in [0.3, 0.4) is 0 Å². The van der Waals surface area contributed by atoms with Crippen LogP contribution >= 0.6 is 7.52 Å². The SMILES string of the molecule is CCOP1(=O)C=C(c2ccccn2)NC(c2ccccn2)=N1. The summed E-state index contributed by atoms with van der Waals surface area (Å²) < 4.78 is 22.4. The second-order valence-electron chi connectivity index (χ2n) is 4.53. The average molecular weight is 314 g/mol. The molecule has 0 aliphatic carbocycles. The molecular formula is C15H15N4O2P. The lowest BCUT2D eigenvalue weighted by Crippen LogP contribution is -2.26. The van der Waals surface area contributed by atoms with Gasteiger partial charge in [0, 0.05) is 18.2 Å². The van der Waals surface area contributed by atoms with E-state index in [-0.39, 0.29) is 0 Å². The number of hydrogen-bond acceptors (Lipinski definition) is 5. The molecule has 1 N–H and O–H groups in total. The molecule has 0 fully saturated rings. The summed E-state index contributed by atoms with van der Waals surface area (Å²) in [5, 5.41) is 3.13. The normalized spacial score (nSPS) is 20.8. The third kappa shape index (κ3) is 3.13. The number of rotatable bonds is 4. The zero-order valence-corrected chi connectivity index (χ0v) is 12.9. The molecule has 2 aromatic rings. The highest BCUT2D eigenvalue weighted by atomic mass is 31.2. The van der Waals surface area contributed by atoms with Gasteiger partial charge in [0.05, 0.1) is 18.0 Å². The first-order valence-corrected chi connectivity index (χ1v) is 8.52. The van der Waals surface area contributed by atoms with Crippen LogP contribution in [0.25, 0.3) is 5.70 Å². The number of pyridine rings is 2. The predicted molar refractivity (Wildman–Crippen MR) is 85.4 cm³/mol. The highest BCUT2D eigenvalue weighted by Gasteiger charge is 2.28. The van der Waals surface area contributed by atoms with Crippen molar-refractivity contribution >= 4 is 19.1 Å². The Kier molecular flexibility index (Phi) is 4.13. The number of nitrogens with one attached hydrogen (secondary N) is 1. The maximum absolute atomic E-state index is 12.8. The molecule has 3 heterocycles. The van der Waals surface area contributed by atoms with Gasteiger partial charge in [-0.05, 0) is 31.2 Å². The minimum absolute atomic E-state index is 0.308. The number of amidine groups is 1. The quantitative estimate of drug-likeness (QED) is 0.878. The van der Waals surface area contributed by atoms with Gasteiger partial charge in [-0.2, -0.15) is 4.76 Å². The molecule has 0 amide bonds. The van der Waals surface area contributed by atoms with E-state index < -0.39 is 7.52 Å². The van der Waals surface area contributed by atoms with Crippen molar-refractivity contribution < 1.29 is 9.09 Å². The predicted octanol–water partition coefficient (Wildman–Crippen LogP) is 3.05. The van der Waals surface area contributed by atoms with Gasteiger partial charge in [-0.25, -0.2) is 0 Å². The highest BCUT2D eigenvalue weighted by Crippen LogP contribution is 2.53. The zero-order chi connectivity index (χ0) is 15.4. The summed E-state index contributed by atoms with van der Waals surface area (Å²) in [7, 11) is -3.27. The Labute approximate surface area is 128 Å². The van der Waals surface area contributed by atoms with Gasteiger partial charge in [-0.1, -0.05) is 12.1 Å². The van der Waals surface area contributed by atoms with Crippen molar-refractivity contribution in [1.82, 2.24) is 15.3 Å². The van der Waals surface area contributed by atoms with Crippen molar-refractivity contribution in [3.05, 3.63) is 66.0 Å². The van der Waals surface area contributed by atoms with Gasteiger partial charge in [-0.15, -0.1) is 0 Å². The number of nitrogens with zero attached hydrogens (tertiary/aromatic N) is 3. The first kappa shape index (κ1) is 14.6. The lowest BCUT2D eigenvalue weighted by atomic mass is 10.2. The Morgan fingerprint density at radius 1 is 1.09 bits per heavy atom. The van der Waals surface area contributed by atoms with E-state index in [2.05, 4.69) is 20.0 Å². The smallest absolute Gasteiger partial charge is 0.336 e. The molecule has 0 bridgehead atoms. The van der Waals surface area contributed by atoms with Crippen LogP contribution in [0, 0.1) is 0 Å². The number of aromatic nitrogens is 2. The van der Waals surface area contributed by atoms with E-state index in [0.29, 0.717) is 29.5 Å². The van der Waals surface area contributed by atoms with Gasteiger partial charge in [-0.3, -0.25) is 14.5 Å². The molecule has 1 atom stereocenters. The van der Waals surface area contributed by atoms with E-state index in [4.69, 9.17) is 4.52 Å². The first-order valence-electron chi connectivity index (χ1n) is 6.87. The van der Waals surface area contributed by atoms with Gasteiger partial charge in [0.15, 0.2) is 5.84 Å². The van der Waals surface area contributed by atoms with Crippen molar-refractivity contribution in [3.8, 4) is 0 Å². The molecule has 1 aliphatic heterocycles. The van der Waals surface area contributed by atoms with E-state index in [0.717, 1.165) is 0 Å². The average Bonchev–Trinajstić information content (AvgIpc) is 2.56. The van der Waals surface area contributed by atoms with Crippen molar-refractivity contribution in [2.75, 3.05) is 6.61 Å². The van der Waals surface area contributed by atoms with Crippen LogP contribution in [0.5, 0.6) is 0 Å². The van der Waals surface area contributed by atoms with Gasteiger partial charge < -0.3 is 9.84 Å². The van der Waals surface area contributed by atoms with Crippen LogP contribution in [0.1, 0.15) is 18.3 Å². The minimum atomic E-state index is -3.27. The number of hydrogen-bond donors (Lipinski definition) is 1. The second kappa shape index (κ2) is 6.22. The highest BCUT2D eigenvalue weighted by molar-refractivity contribution is 7.61. The van der Waals surface area contributed by atoms with E-state index in [1.807, 2.05) is 30.3 Å². The molecule has 7 heteroatoms. The summed E-state index contributed by atoms with van der Waals surface area (Å²) in [4.78, 5) is 8.51. The molecule has 0 spiro atoms. The van der Waals surface area contributed by atoms with E-state index in [1.165, 1.54) is 5.82 Å². The molecule has 2 aromatic heterocycles. The third-order valence-corrected chi connectivity index (χ3v) is 4.64. The fourth-order valence-electron chi connectivity index (χ4n) is 2.04. The zero-order valence-electron chi connectivity index (χ0n) is 12.0. The van der Waals surface area contributed by atoms with Crippen LogP contribution in [0.2, 0.25) is 0 Å². The first-order chi connectivity index (χ1) is 10.7. The maximum atomic E-state index is 12.8. The van der Waals surface area contributed by atoms with Crippen molar-refractivity contribution in [2.45, 2.75) is 6.92 Å². The van der Waals surface area contributed by atoms with E-state index in [1.54, 1.807) is 25.4 Å². The second-order valence-corrected chi connectivity index (χ2v) is 6.37. The molecule has 0 saturated heterocycles. The molecule has 6 nitrogen and oxygen atoms in total. The van der Waals surface area contributed by atoms with Crippen molar-refractivity contribution in [3.63, 3.8) is 0 Å². The molecule has 0 aromatic carbocycles. The molecule has 112 valence electrons. The fourth-order valence-corrected chi connectivity index (χ4v) is 3.55. The van der Waals surface area contributed by atoms with Gasteiger partial charge >= 0.3 is 7.52 Å². The fraction of sp³-hybridized carbons (Fsp3) is 0.133. The molecule has 3 rings (SSSR count). The van der Waals surface area contributed by atoms with Crippen molar-refractivity contribution in [2.24, 2.45) is 4.76 Å². The van der Waals surface area contributed by atoms with Gasteiger partial charge in [0.25, 0.3) is 0 Å².